The predicted molar refractivity (Wildman–Crippen MR) is 53.7 cm³/mol. The van der Waals surface area contributed by atoms with Crippen LogP contribution in [0.5, 0.6) is 0 Å². The fraction of sp³-hybridized carbons (Fsp3) is 0.167. The molecule has 0 radical (unpaired) electrons. The van der Waals surface area contributed by atoms with Crippen LogP contribution in [0.15, 0.2) is 48.2 Å². The van der Waals surface area contributed by atoms with Gasteiger partial charge in [0.25, 0.3) is 0 Å². The Morgan fingerprint density at radius 3 is 2.69 bits per heavy atom. The number of benzene rings is 1. The molecule has 0 saturated heterocycles. The summed E-state index contributed by atoms with van der Waals surface area (Å²) in [5.74, 6) is 0.00491. The van der Waals surface area contributed by atoms with Crippen molar-refractivity contribution in [2.24, 2.45) is 0 Å². The van der Waals surface area contributed by atoms with Gasteiger partial charge in [0.2, 0.25) is 0 Å². The highest BCUT2D eigenvalue weighted by Crippen LogP contribution is 1.99. The summed E-state index contributed by atoms with van der Waals surface area (Å²) in [6.07, 6.45) is 4.21. The van der Waals surface area contributed by atoms with Crippen LogP contribution in [0.1, 0.15) is 23.7 Å². The van der Waals surface area contributed by atoms with Crippen LogP contribution in [0.2, 0.25) is 0 Å². The topological polar surface area (TPSA) is 17.1 Å². The standard InChI is InChI=1S/C12H12O/c1-2-3-5-10-12(13)11-8-6-4-7-9-11/h3-4,6-10H,2H2,1H3. The number of hydrogen-bond acceptors (Lipinski definition) is 1. The van der Waals surface area contributed by atoms with E-state index in [2.05, 4.69) is 5.73 Å². The molecule has 0 aromatic heterocycles. The summed E-state index contributed by atoms with van der Waals surface area (Å²) in [6, 6.07) is 9.19. The van der Waals surface area contributed by atoms with Crippen molar-refractivity contribution >= 4 is 5.78 Å². The second-order valence-corrected chi connectivity index (χ2v) is 2.65. The maximum absolute atomic E-state index is 11.4. The van der Waals surface area contributed by atoms with Crippen molar-refractivity contribution in [3.63, 3.8) is 0 Å². The highest BCUT2D eigenvalue weighted by Gasteiger charge is 1.97. The summed E-state index contributed by atoms with van der Waals surface area (Å²) < 4.78 is 0. The van der Waals surface area contributed by atoms with Crippen molar-refractivity contribution in [1.82, 2.24) is 0 Å². The maximum Gasteiger partial charge on any atom is 0.193 e. The van der Waals surface area contributed by atoms with Gasteiger partial charge in [-0.1, -0.05) is 37.3 Å². The second-order valence-electron chi connectivity index (χ2n) is 2.65. The van der Waals surface area contributed by atoms with E-state index in [0.717, 1.165) is 6.42 Å². The molecule has 1 aromatic rings. The number of rotatable bonds is 3. The molecule has 0 fully saturated rings. The molecule has 0 saturated carbocycles. The Hall–Kier alpha value is -1.59. The minimum Gasteiger partial charge on any atom is -0.289 e. The van der Waals surface area contributed by atoms with Crippen LogP contribution in [-0.4, -0.2) is 5.78 Å². The molecule has 13 heavy (non-hydrogen) atoms. The van der Waals surface area contributed by atoms with Gasteiger partial charge in [-0.2, -0.15) is 0 Å². The number of allylic oxidation sites excluding steroid dienone is 1. The van der Waals surface area contributed by atoms with Gasteiger partial charge in [0.1, 0.15) is 0 Å². The molecule has 1 nitrogen and oxygen atoms in total. The van der Waals surface area contributed by atoms with Gasteiger partial charge in [0, 0.05) is 11.6 Å². The third-order valence-electron chi connectivity index (χ3n) is 1.59. The number of carbonyl (C=O) groups is 1. The van der Waals surface area contributed by atoms with Gasteiger partial charge in [-0.15, -0.1) is 5.73 Å². The first-order valence-corrected chi connectivity index (χ1v) is 4.35. The Morgan fingerprint density at radius 1 is 1.38 bits per heavy atom. The van der Waals surface area contributed by atoms with E-state index in [1.807, 2.05) is 31.2 Å². The Kier molecular flexibility index (Phi) is 3.74. The zero-order valence-electron chi connectivity index (χ0n) is 7.66. The van der Waals surface area contributed by atoms with E-state index in [1.54, 1.807) is 12.1 Å². The SMILES string of the molecule is CCC=C=CC(=O)c1ccccc1. The lowest BCUT2D eigenvalue weighted by atomic mass is 10.1. The summed E-state index contributed by atoms with van der Waals surface area (Å²) in [7, 11) is 0. The molecule has 1 aromatic carbocycles. The summed E-state index contributed by atoms with van der Waals surface area (Å²) >= 11 is 0. The fourth-order valence-corrected chi connectivity index (χ4v) is 0.938. The van der Waals surface area contributed by atoms with Crippen LogP contribution in [0.25, 0.3) is 0 Å². The van der Waals surface area contributed by atoms with Crippen LogP contribution < -0.4 is 0 Å². The molecule has 0 spiro atoms. The molecule has 0 heterocycles. The van der Waals surface area contributed by atoms with Gasteiger partial charge in [-0.3, -0.25) is 4.79 Å². The molecule has 0 bridgehead atoms. The maximum atomic E-state index is 11.4. The van der Waals surface area contributed by atoms with E-state index in [9.17, 15) is 4.79 Å². The van der Waals surface area contributed by atoms with Gasteiger partial charge >= 0.3 is 0 Å². The number of ketones is 1. The minimum atomic E-state index is 0.00491. The summed E-state index contributed by atoms with van der Waals surface area (Å²) in [5.41, 5.74) is 3.54. The van der Waals surface area contributed by atoms with E-state index < -0.39 is 0 Å². The minimum absolute atomic E-state index is 0.00491. The Labute approximate surface area is 78.4 Å². The largest absolute Gasteiger partial charge is 0.289 e. The molecule has 0 amide bonds. The zero-order chi connectivity index (χ0) is 9.52. The van der Waals surface area contributed by atoms with Crippen molar-refractivity contribution in [1.29, 1.82) is 0 Å². The van der Waals surface area contributed by atoms with Crippen LogP contribution in [0, 0.1) is 0 Å². The molecule has 0 aliphatic carbocycles. The van der Waals surface area contributed by atoms with E-state index >= 15 is 0 Å². The molecule has 1 rings (SSSR count). The van der Waals surface area contributed by atoms with Crippen LogP contribution in [-0.2, 0) is 0 Å². The molecular weight excluding hydrogens is 160 g/mol. The Bertz CT molecular complexity index is 329. The second kappa shape index (κ2) is 5.13. The number of carbonyl (C=O) groups excluding carboxylic acids is 1. The van der Waals surface area contributed by atoms with E-state index in [-0.39, 0.29) is 5.78 Å². The van der Waals surface area contributed by atoms with Crippen molar-refractivity contribution in [3.8, 4) is 0 Å². The van der Waals surface area contributed by atoms with Gasteiger partial charge in [-0.25, -0.2) is 0 Å². The molecule has 0 atom stereocenters. The van der Waals surface area contributed by atoms with Gasteiger partial charge in [-0.05, 0) is 12.5 Å². The molecular formula is C12H12O. The third-order valence-corrected chi connectivity index (χ3v) is 1.59. The van der Waals surface area contributed by atoms with Crippen LogP contribution in [0.3, 0.4) is 0 Å². The van der Waals surface area contributed by atoms with E-state index in [1.165, 1.54) is 6.08 Å². The Balaban J connectivity index is 2.76. The molecule has 0 aliphatic heterocycles. The smallest absolute Gasteiger partial charge is 0.193 e. The van der Waals surface area contributed by atoms with Crippen LogP contribution in [0.4, 0.5) is 0 Å². The summed E-state index contributed by atoms with van der Waals surface area (Å²) in [4.78, 5) is 11.4. The van der Waals surface area contributed by atoms with E-state index in [0.29, 0.717) is 5.56 Å². The predicted octanol–water partition coefficient (Wildman–Crippen LogP) is 2.99. The molecule has 0 N–H and O–H groups in total. The van der Waals surface area contributed by atoms with Gasteiger partial charge < -0.3 is 0 Å². The monoisotopic (exact) mass is 172 g/mol. The van der Waals surface area contributed by atoms with Crippen molar-refractivity contribution in [2.75, 3.05) is 0 Å². The fourth-order valence-electron chi connectivity index (χ4n) is 0.938. The lowest BCUT2D eigenvalue weighted by Crippen LogP contribution is -1.91. The molecule has 0 aliphatic rings. The third kappa shape index (κ3) is 3.10. The first-order valence-electron chi connectivity index (χ1n) is 4.35. The van der Waals surface area contributed by atoms with Gasteiger partial charge in [0.05, 0.1) is 0 Å². The Morgan fingerprint density at radius 2 is 2.08 bits per heavy atom. The van der Waals surface area contributed by atoms with Gasteiger partial charge in [0.15, 0.2) is 5.78 Å². The van der Waals surface area contributed by atoms with E-state index in [4.69, 9.17) is 0 Å². The average molecular weight is 172 g/mol. The van der Waals surface area contributed by atoms with Crippen molar-refractivity contribution < 1.29 is 4.79 Å². The normalized spacial score (nSPS) is 8.69. The zero-order valence-corrected chi connectivity index (χ0v) is 7.66. The molecule has 0 unspecified atom stereocenters. The molecule has 1 heteroatoms. The van der Waals surface area contributed by atoms with Crippen molar-refractivity contribution in [3.05, 3.63) is 53.8 Å². The summed E-state index contributed by atoms with van der Waals surface area (Å²) in [5, 5.41) is 0. The van der Waals surface area contributed by atoms with Crippen molar-refractivity contribution in [2.45, 2.75) is 13.3 Å². The first-order chi connectivity index (χ1) is 6.34. The average Bonchev–Trinajstić information content (AvgIpc) is 2.19. The highest BCUT2D eigenvalue weighted by molar-refractivity contribution is 6.04. The molecule has 66 valence electrons. The highest BCUT2D eigenvalue weighted by atomic mass is 16.1. The lowest BCUT2D eigenvalue weighted by Gasteiger charge is -1.90. The lowest BCUT2D eigenvalue weighted by molar-refractivity contribution is 0.104. The first kappa shape index (κ1) is 9.50. The quantitative estimate of drug-likeness (QED) is 0.389. The van der Waals surface area contributed by atoms with Crippen LogP contribution >= 0.6 is 0 Å². The number of hydrogen-bond donors (Lipinski definition) is 0. The summed E-state index contributed by atoms with van der Waals surface area (Å²) in [6.45, 7) is 2.01.